The summed E-state index contributed by atoms with van der Waals surface area (Å²) in [5.74, 6) is 1.41. The van der Waals surface area contributed by atoms with Gasteiger partial charge in [-0.25, -0.2) is 0 Å². The highest BCUT2D eigenvalue weighted by Crippen LogP contribution is 2.04. The first-order valence-corrected chi connectivity index (χ1v) is 3.74. The van der Waals surface area contributed by atoms with Crippen LogP contribution in [0.5, 0.6) is 0 Å². The minimum Gasteiger partial charge on any atom is -0.465 e. The van der Waals surface area contributed by atoms with Gasteiger partial charge in [-0.1, -0.05) is 0 Å². The molecule has 3 N–H and O–H groups in total. The lowest BCUT2D eigenvalue weighted by molar-refractivity contribution is -0.119. The maximum absolute atomic E-state index is 10.7. The molecular formula is C8H12N2O2. The highest BCUT2D eigenvalue weighted by atomic mass is 16.3. The molecule has 12 heavy (non-hydrogen) atoms. The second-order valence-corrected chi connectivity index (χ2v) is 2.49. The topological polar surface area (TPSA) is 68.3 Å². The minimum absolute atomic E-state index is 0.0136. The first-order valence-electron chi connectivity index (χ1n) is 3.74. The molecule has 0 aromatic carbocycles. The van der Waals surface area contributed by atoms with Gasteiger partial charge in [0.05, 0.1) is 13.1 Å². The lowest BCUT2D eigenvalue weighted by Crippen LogP contribution is -2.29. The lowest BCUT2D eigenvalue weighted by Gasteiger charge is -1.98. The SMILES string of the molecule is Cc1ccc(CNC(=O)CN)o1. The molecule has 0 aliphatic heterocycles. The molecule has 4 heteroatoms. The molecule has 0 radical (unpaired) electrons. The number of furan rings is 1. The third-order valence-electron chi connectivity index (χ3n) is 1.44. The van der Waals surface area contributed by atoms with Gasteiger partial charge in [-0.2, -0.15) is 0 Å². The van der Waals surface area contributed by atoms with E-state index in [9.17, 15) is 4.79 Å². The molecule has 1 amide bonds. The largest absolute Gasteiger partial charge is 0.465 e. The number of nitrogens with one attached hydrogen (secondary N) is 1. The van der Waals surface area contributed by atoms with Gasteiger partial charge in [0.2, 0.25) is 5.91 Å². The molecule has 1 rings (SSSR count). The van der Waals surface area contributed by atoms with Gasteiger partial charge in [0, 0.05) is 0 Å². The molecule has 0 fully saturated rings. The zero-order valence-electron chi connectivity index (χ0n) is 6.96. The van der Waals surface area contributed by atoms with Crippen molar-refractivity contribution in [3.63, 3.8) is 0 Å². The van der Waals surface area contributed by atoms with Crippen molar-refractivity contribution in [3.8, 4) is 0 Å². The van der Waals surface area contributed by atoms with Crippen LogP contribution < -0.4 is 11.1 Å². The Bertz CT molecular complexity index is 268. The Hall–Kier alpha value is -1.29. The van der Waals surface area contributed by atoms with Gasteiger partial charge in [0.1, 0.15) is 11.5 Å². The van der Waals surface area contributed by atoms with Crippen LogP contribution in [-0.2, 0) is 11.3 Å². The summed E-state index contributed by atoms with van der Waals surface area (Å²) in [5.41, 5.74) is 5.10. The van der Waals surface area contributed by atoms with Crippen LogP contribution in [0, 0.1) is 6.92 Å². The van der Waals surface area contributed by atoms with Crippen molar-refractivity contribution >= 4 is 5.91 Å². The molecule has 0 saturated heterocycles. The summed E-state index contributed by atoms with van der Waals surface area (Å²) in [6, 6.07) is 3.68. The monoisotopic (exact) mass is 168 g/mol. The summed E-state index contributed by atoms with van der Waals surface area (Å²) in [7, 11) is 0. The number of carbonyl (C=O) groups is 1. The van der Waals surface area contributed by atoms with Crippen LogP contribution in [0.25, 0.3) is 0 Å². The second-order valence-electron chi connectivity index (χ2n) is 2.49. The fraction of sp³-hybridized carbons (Fsp3) is 0.375. The fourth-order valence-corrected chi connectivity index (χ4v) is 0.838. The number of hydrogen-bond donors (Lipinski definition) is 2. The summed E-state index contributed by atoms with van der Waals surface area (Å²) in [4.78, 5) is 10.7. The van der Waals surface area contributed by atoms with Gasteiger partial charge in [0.15, 0.2) is 0 Å². The van der Waals surface area contributed by atoms with E-state index in [0.717, 1.165) is 11.5 Å². The maximum atomic E-state index is 10.7. The van der Waals surface area contributed by atoms with Gasteiger partial charge in [0.25, 0.3) is 0 Å². The number of amides is 1. The van der Waals surface area contributed by atoms with E-state index in [4.69, 9.17) is 10.2 Å². The highest BCUT2D eigenvalue weighted by molar-refractivity contribution is 5.77. The molecule has 0 unspecified atom stereocenters. The van der Waals surface area contributed by atoms with Crippen LogP contribution in [0.4, 0.5) is 0 Å². The molecule has 1 heterocycles. The summed E-state index contributed by atoms with van der Waals surface area (Å²) in [6.07, 6.45) is 0. The van der Waals surface area contributed by atoms with Gasteiger partial charge in [-0.15, -0.1) is 0 Å². The number of aryl methyl sites for hydroxylation is 1. The quantitative estimate of drug-likeness (QED) is 0.675. The number of carbonyl (C=O) groups excluding carboxylic acids is 1. The molecule has 66 valence electrons. The summed E-state index contributed by atoms with van der Waals surface area (Å²) in [6.45, 7) is 2.28. The average Bonchev–Trinajstić information content (AvgIpc) is 2.47. The van der Waals surface area contributed by atoms with E-state index < -0.39 is 0 Å². The molecule has 1 aromatic rings. The maximum Gasteiger partial charge on any atom is 0.234 e. The van der Waals surface area contributed by atoms with Crippen molar-refractivity contribution < 1.29 is 9.21 Å². The second kappa shape index (κ2) is 3.92. The summed E-state index contributed by atoms with van der Waals surface area (Å²) < 4.78 is 5.22. The van der Waals surface area contributed by atoms with Crippen LogP contribution in [0.3, 0.4) is 0 Å². The van der Waals surface area contributed by atoms with Crippen molar-refractivity contribution in [1.29, 1.82) is 0 Å². The zero-order valence-corrected chi connectivity index (χ0v) is 6.96. The first-order chi connectivity index (χ1) is 5.72. The van der Waals surface area contributed by atoms with Crippen LogP contribution >= 0.6 is 0 Å². The Morgan fingerprint density at radius 1 is 1.67 bits per heavy atom. The Morgan fingerprint density at radius 2 is 2.42 bits per heavy atom. The summed E-state index contributed by atoms with van der Waals surface area (Å²) in [5, 5.41) is 2.60. The van der Waals surface area contributed by atoms with E-state index in [1.807, 2.05) is 19.1 Å². The Labute approximate surface area is 70.7 Å². The van der Waals surface area contributed by atoms with E-state index in [1.165, 1.54) is 0 Å². The fourth-order valence-electron chi connectivity index (χ4n) is 0.838. The third-order valence-corrected chi connectivity index (χ3v) is 1.44. The number of rotatable bonds is 3. The van der Waals surface area contributed by atoms with E-state index in [1.54, 1.807) is 0 Å². The van der Waals surface area contributed by atoms with Crippen LogP contribution in [-0.4, -0.2) is 12.5 Å². The number of hydrogen-bond acceptors (Lipinski definition) is 3. The molecule has 0 bridgehead atoms. The van der Waals surface area contributed by atoms with Crippen molar-refractivity contribution in [1.82, 2.24) is 5.32 Å². The lowest BCUT2D eigenvalue weighted by atomic mass is 10.4. The van der Waals surface area contributed by atoms with Crippen molar-refractivity contribution in [3.05, 3.63) is 23.7 Å². The molecule has 0 spiro atoms. The van der Waals surface area contributed by atoms with E-state index >= 15 is 0 Å². The number of nitrogens with two attached hydrogens (primary N) is 1. The first kappa shape index (κ1) is 8.80. The molecule has 1 aromatic heterocycles. The standard InChI is InChI=1S/C8H12N2O2/c1-6-2-3-7(12-6)5-10-8(11)4-9/h2-3H,4-5,9H2,1H3,(H,10,11). The normalized spacial score (nSPS) is 9.83. The smallest absolute Gasteiger partial charge is 0.234 e. The van der Waals surface area contributed by atoms with Crippen LogP contribution in [0.15, 0.2) is 16.5 Å². The third kappa shape index (κ3) is 2.39. The molecule has 0 atom stereocenters. The van der Waals surface area contributed by atoms with E-state index in [2.05, 4.69) is 5.32 Å². The average molecular weight is 168 g/mol. The molecular weight excluding hydrogens is 156 g/mol. The minimum atomic E-state index is -0.177. The predicted molar refractivity (Wildman–Crippen MR) is 44.3 cm³/mol. The van der Waals surface area contributed by atoms with Gasteiger partial charge < -0.3 is 15.5 Å². The van der Waals surface area contributed by atoms with Crippen molar-refractivity contribution in [2.24, 2.45) is 5.73 Å². The zero-order chi connectivity index (χ0) is 8.97. The van der Waals surface area contributed by atoms with Gasteiger partial charge in [-0.05, 0) is 19.1 Å². The Morgan fingerprint density at radius 3 is 2.92 bits per heavy atom. The van der Waals surface area contributed by atoms with Gasteiger partial charge in [-0.3, -0.25) is 4.79 Å². The summed E-state index contributed by atoms with van der Waals surface area (Å²) >= 11 is 0. The van der Waals surface area contributed by atoms with Crippen molar-refractivity contribution in [2.45, 2.75) is 13.5 Å². The van der Waals surface area contributed by atoms with Crippen molar-refractivity contribution in [2.75, 3.05) is 6.54 Å². The molecule has 0 aliphatic carbocycles. The van der Waals surface area contributed by atoms with Crippen LogP contribution in [0.2, 0.25) is 0 Å². The van der Waals surface area contributed by atoms with Crippen LogP contribution in [0.1, 0.15) is 11.5 Å². The van der Waals surface area contributed by atoms with E-state index in [-0.39, 0.29) is 12.5 Å². The molecule has 0 aliphatic rings. The Kier molecular flexibility index (Phi) is 2.88. The predicted octanol–water partition coefficient (Wildman–Crippen LogP) is 0.163. The Balaban J connectivity index is 2.38. The molecule has 4 nitrogen and oxygen atoms in total. The highest BCUT2D eigenvalue weighted by Gasteiger charge is 2.00. The van der Waals surface area contributed by atoms with Gasteiger partial charge >= 0.3 is 0 Å². The van der Waals surface area contributed by atoms with E-state index in [0.29, 0.717) is 6.54 Å². The molecule has 0 saturated carbocycles.